The van der Waals surface area contributed by atoms with Crippen LogP contribution in [-0.4, -0.2) is 52.3 Å². The third-order valence-corrected chi connectivity index (χ3v) is 7.98. The maximum absolute atomic E-state index is 13.0. The van der Waals surface area contributed by atoms with Gasteiger partial charge in [0.25, 0.3) is 0 Å². The average molecular weight is 430 g/mol. The summed E-state index contributed by atoms with van der Waals surface area (Å²) in [4.78, 5) is 21.8. The average Bonchev–Trinajstić information content (AvgIpc) is 3.22. The highest BCUT2D eigenvalue weighted by atomic mass is 16.5. The van der Waals surface area contributed by atoms with Gasteiger partial charge in [-0.1, -0.05) is 0 Å². The third-order valence-electron chi connectivity index (χ3n) is 7.98. The van der Waals surface area contributed by atoms with Crippen LogP contribution in [0.4, 0.5) is 5.95 Å². The van der Waals surface area contributed by atoms with Crippen molar-refractivity contribution in [2.75, 3.05) is 25.1 Å². The van der Waals surface area contributed by atoms with Gasteiger partial charge in [0.2, 0.25) is 11.8 Å². The third kappa shape index (κ3) is 4.44. The Morgan fingerprint density at radius 3 is 2.81 bits per heavy atom. The lowest BCUT2D eigenvalue weighted by molar-refractivity contribution is -0.153. The Kier molecular flexibility index (Phi) is 5.90. The van der Waals surface area contributed by atoms with Gasteiger partial charge in [-0.2, -0.15) is 4.98 Å². The van der Waals surface area contributed by atoms with Crippen LogP contribution in [0.3, 0.4) is 0 Å². The summed E-state index contributed by atoms with van der Waals surface area (Å²) in [6.45, 7) is 3.75. The molecule has 1 aromatic heterocycles. The zero-order valence-electron chi connectivity index (χ0n) is 18.5. The van der Waals surface area contributed by atoms with Crippen LogP contribution >= 0.6 is 0 Å². The quantitative estimate of drug-likeness (QED) is 0.579. The van der Waals surface area contributed by atoms with Crippen molar-refractivity contribution in [3.63, 3.8) is 0 Å². The normalized spacial score (nSPS) is 36.0. The number of carbonyl (C=O) groups is 1. The van der Waals surface area contributed by atoms with E-state index >= 15 is 0 Å². The van der Waals surface area contributed by atoms with E-state index in [0.29, 0.717) is 54.8 Å². The van der Waals surface area contributed by atoms with Gasteiger partial charge in [0.15, 0.2) is 5.78 Å². The van der Waals surface area contributed by atoms with Crippen LogP contribution in [0.2, 0.25) is 0 Å². The number of carbonyl (C=O) groups excluding carboxylic acids is 1. The number of hydrogen-bond donors (Lipinski definition) is 2. The minimum Gasteiger partial charge on any atom is -0.477 e. The molecule has 6 rings (SSSR count). The van der Waals surface area contributed by atoms with Gasteiger partial charge < -0.3 is 19.9 Å². The number of ketones is 1. The van der Waals surface area contributed by atoms with Gasteiger partial charge in [0.1, 0.15) is 0 Å². The summed E-state index contributed by atoms with van der Waals surface area (Å²) in [7, 11) is 0. The largest absolute Gasteiger partial charge is 0.477 e. The first-order chi connectivity index (χ1) is 15.0. The molecule has 4 aliphatic carbocycles. The molecule has 2 N–H and O–H groups in total. The number of nitrogens with zero attached hydrogens (tertiary/aromatic N) is 2. The SMILES string of the molecule is CCOc1nc(NC2CCOC2)ncc1C(=O)CCCC1C2CC3CC1CC(O)(C3)C2. The standard InChI is InChI=1S/C24H35N3O4/c1-2-31-22-20(13-25-23(27-22)26-18-6-7-30-14-18)21(28)5-3-4-19-16-8-15-9-17(19)12-24(29,10-15)11-16/h13,15-19,29H,2-12,14H2,1H3,(H,25,26,27). The van der Waals surface area contributed by atoms with Gasteiger partial charge in [0, 0.05) is 19.2 Å². The minimum absolute atomic E-state index is 0.0571. The molecule has 1 aliphatic heterocycles. The molecule has 7 heteroatoms. The smallest absolute Gasteiger partial charge is 0.229 e. The van der Waals surface area contributed by atoms with Gasteiger partial charge in [-0.3, -0.25) is 4.79 Å². The first-order valence-corrected chi connectivity index (χ1v) is 12.1. The first kappa shape index (κ1) is 21.1. The van der Waals surface area contributed by atoms with Crippen LogP contribution in [0.5, 0.6) is 5.88 Å². The molecule has 4 saturated carbocycles. The predicted molar refractivity (Wildman–Crippen MR) is 116 cm³/mol. The molecule has 4 bridgehead atoms. The van der Waals surface area contributed by atoms with E-state index in [1.807, 2.05) is 6.92 Å². The summed E-state index contributed by atoms with van der Waals surface area (Å²) >= 11 is 0. The van der Waals surface area contributed by atoms with Crippen molar-refractivity contribution < 1.29 is 19.4 Å². The molecule has 170 valence electrons. The zero-order chi connectivity index (χ0) is 21.4. The lowest BCUT2D eigenvalue weighted by atomic mass is 9.49. The zero-order valence-corrected chi connectivity index (χ0v) is 18.5. The molecule has 1 aromatic rings. The highest BCUT2D eigenvalue weighted by molar-refractivity contribution is 5.97. The molecular weight excluding hydrogens is 394 g/mol. The summed E-state index contributed by atoms with van der Waals surface area (Å²) in [6.07, 6.45) is 10.5. The van der Waals surface area contributed by atoms with Crippen LogP contribution in [0.25, 0.3) is 0 Å². The molecule has 3 atom stereocenters. The molecule has 0 amide bonds. The fourth-order valence-corrected chi connectivity index (χ4v) is 6.90. The summed E-state index contributed by atoms with van der Waals surface area (Å²) in [5.41, 5.74) is 0.0990. The van der Waals surface area contributed by atoms with Crippen molar-refractivity contribution in [3.8, 4) is 5.88 Å². The van der Waals surface area contributed by atoms with Gasteiger partial charge in [0.05, 0.1) is 30.4 Å². The molecule has 5 fully saturated rings. The van der Waals surface area contributed by atoms with E-state index < -0.39 is 0 Å². The predicted octanol–water partition coefficient (Wildman–Crippen LogP) is 3.62. The second-order valence-corrected chi connectivity index (χ2v) is 10.2. The number of Topliss-reactive ketones (excluding diaryl/α,β-unsaturated/α-hetero) is 1. The summed E-state index contributed by atoms with van der Waals surface area (Å²) in [5, 5.41) is 14.0. The fourth-order valence-electron chi connectivity index (χ4n) is 6.90. The number of rotatable bonds is 9. The molecule has 31 heavy (non-hydrogen) atoms. The van der Waals surface area contributed by atoms with Crippen molar-refractivity contribution in [1.82, 2.24) is 9.97 Å². The van der Waals surface area contributed by atoms with Gasteiger partial charge in [-0.15, -0.1) is 0 Å². The van der Waals surface area contributed by atoms with E-state index in [1.165, 1.54) is 12.8 Å². The van der Waals surface area contributed by atoms with Gasteiger partial charge in [-0.25, -0.2) is 4.98 Å². The fraction of sp³-hybridized carbons (Fsp3) is 0.792. The van der Waals surface area contributed by atoms with Crippen LogP contribution < -0.4 is 10.1 Å². The van der Waals surface area contributed by atoms with E-state index in [9.17, 15) is 9.90 Å². The molecule has 5 aliphatic rings. The number of anilines is 1. The molecule has 2 heterocycles. The molecule has 0 aromatic carbocycles. The second-order valence-electron chi connectivity index (χ2n) is 10.2. The molecule has 7 nitrogen and oxygen atoms in total. The lowest BCUT2D eigenvalue weighted by Crippen LogP contribution is -2.54. The van der Waals surface area contributed by atoms with Crippen LogP contribution in [0.15, 0.2) is 6.20 Å². The van der Waals surface area contributed by atoms with Crippen molar-refractivity contribution in [3.05, 3.63) is 11.8 Å². The van der Waals surface area contributed by atoms with Crippen LogP contribution in [0.1, 0.15) is 75.1 Å². The van der Waals surface area contributed by atoms with Crippen LogP contribution in [-0.2, 0) is 4.74 Å². The highest BCUT2D eigenvalue weighted by Gasteiger charge is 2.54. The molecule has 1 saturated heterocycles. The monoisotopic (exact) mass is 429 g/mol. The number of hydrogen-bond acceptors (Lipinski definition) is 7. The number of nitrogens with one attached hydrogen (secondary N) is 1. The van der Waals surface area contributed by atoms with E-state index in [4.69, 9.17) is 9.47 Å². The minimum atomic E-state index is -0.382. The Morgan fingerprint density at radius 2 is 2.13 bits per heavy atom. The Labute approximate surface area is 184 Å². The van der Waals surface area contributed by atoms with Gasteiger partial charge >= 0.3 is 0 Å². The van der Waals surface area contributed by atoms with Crippen molar-refractivity contribution in [2.24, 2.45) is 23.7 Å². The summed E-state index contributed by atoms with van der Waals surface area (Å²) in [5.74, 6) is 3.63. The topological polar surface area (TPSA) is 93.6 Å². The Balaban J connectivity index is 1.18. The van der Waals surface area contributed by atoms with Crippen molar-refractivity contribution >= 4 is 11.7 Å². The Bertz CT molecular complexity index is 794. The Hall–Kier alpha value is -1.73. The first-order valence-electron chi connectivity index (χ1n) is 12.1. The molecule has 0 radical (unpaired) electrons. The molecular formula is C24H35N3O4. The maximum Gasteiger partial charge on any atom is 0.229 e. The van der Waals surface area contributed by atoms with Crippen LogP contribution in [0, 0.1) is 23.7 Å². The lowest BCUT2D eigenvalue weighted by Gasteiger charge is -2.58. The number of aromatic nitrogens is 2. The van der Waals surface area contributed by atoms with Crippen molar-refractivity contribution in [1.29, 1.82) is 0 Å². The molecule has 0 spiro atoms. The van der Waals surface area contributed by atoms with E-state index in [-0.39, 0.29) is 17.4 Å². The van der Waals surface area contributed by atoms with Crippen molar-refractivity contribution in [2.45, 2.75) is 76.4 Å². The second kappa shape index (κ2) is 8.66. The van der Waals surface area contributed by atoms with E-state index in [1.54, 1.807) is 6.20 Å². The highest BCUT2D eigenvalue weighted by Crippen LogP contribution is 2.59. The summed E-state index contributed by atoms with van der Waals surface area (Å²) < 4.78 is 11.1. The number of ether oxygens (including phenoxy) is 2. The molecule has 3 unspecified atom stereocenters. The number of aliphatic hydroxyl groups is 1. The van der Waals surface area contributed by atoms with E-state index in [0.717, 1.165) is 51.0 Å². The Morgan fingerprint density at radius 1 is 1.32 bits per heavy atom. The van der Waals surface area contributed by atoms with E-state index in [2.05, 4.69) is 15.3 Å². The summed E-state index contributed by atoms with van der Waals surface area (Å²) in [6, 6.07) is 0.204. The van der Waals surface area contributed by atoms with Gasteiger partial charge in [-0.05, 0) is 82.0 Å². The maximum atomic E-state index is 13.0.